The van der Waals surface area contributed by atoms with Crippen LogP contribution in [-0.4, -0.2) is 25.1 Å². The van der Waals surface area contributed by atoms with Crippen LogP contribution in [0.15, 0.2) is 18.2 Å². The molecule has 1 heterocycles. The van der Waals surface area contributed by atoms with E-state index in [9.17, 15) is 10.1 Å². The summed E-state index contributed by atoms with van der Waals surface area (Å²) in [5.41, 5.74) is 1.92. The number of tetrazole rings is 1. The van der Waals surface area contributed by atoms with Crippen molar-refractivity contribution in [2.45, 2.75) is 45.1 Å². The van der Waals surface area contributed by atoms with E-state index in [1.165, 1.54) is 25.3 Å². The van der Waals surface area contributed by atoms with Gasteiger partial charge in [-0.1, -0.05) is 18.6 Å². The molecule has 0 radical (unpaired) electrons. The zero-order valence-electron chi connectivity index (χ0n) is 12.4. The molecular formula is C15H17N5O2. The molecule has 0 saturated heterocycles. The van der Waals surface area contributed by atoms with Crippen LogP contribution in [-0.2, 0) is 0 Å². The van der Waals surface area contributed by atoms with E-state index in [0.29, 0.717) is 28.4 Å². The number of hydrogen-bond acceptors (Lipinski definition) is 5. The molecule has 1 aromatic heterocycles. The molecule has 7 nitrogen and oxygen atoms in total. The number of nitro groups is 1. The van der Waals surface area contributed by atoms with Gasteiger partial charge in [0.2, 0.25) is 5.82 Å². The SMILES string of the molecule is Cc1ccc(-c2nnn(C3CC4(CCC4)C3)n2)cc1[N+](=O)[O-]. The topological polar surface area (TPSA) is 86.7 Å². The van der Waals surface area contributed by atoms with Gasteiger partial charge in [0.15, 0.2) is 0 Å². The Morgan fingerprint density at radius 2 is 2.14 bits per heavy atom. The van der Waals surface area contributed by atoms with E-state index in [0.717, 1.165) is 12.8 Å². The first-order chi connectivity index (χ1) is 10.6. The zero-order valence-corrected chi connectivity index (χ0v) is 12.4. The average molecular weight is 299 g/mol. The molecule has 22 heavy (non-hydrogen) atoms. The third-order valence-corrected chi connectivity index (χ3v) is 5.17. The van der Waals surface area contributed by atoms with Gasteiger partial charge in [-0.05, 0) is 43.2 Å². The molecular weight excluding hydrogens is 282 g/mol. The normalized spacial score (nSPS) is 19.7. The maximum atomic E-state index is 11.0. The van der Waals surface area contributed by atoms with E-state index >= 15 is 0 Å². The van der Waals surface area contributed by atoms with Crippen LogP contribution < -0.4 is 0 Å². The standard InChI is InChI=1S/C15H17N5O2/c1-10-3-4-11(7-13(10)20(21)22)14-16-18-19(17-14)12-8-15(9-12)5-2-6-15/h3-4,7,12H,2,5-6,8-9H2,1H3. The monoisotopic (exact) mass is 299 g/mol. The van der Waals surface area contributed by atoms with E-state index in [2.05, 4.69) is 15.4 Å². The summed E-state index contributed by atoms with van der Waals surface area (Å²) in [6.07, 6.45) is 6.27. The number of nitro benzene ring substituents is 1. The molecule has 7 heteroatoms. The highest BCUT2D eigenvalue weighted by atomic mass is 16.6. The summed E-state index contributed by atoms with van der Waals surface area (Å²) in [4.78, 5) is 12.3. The molecule has 2 aromatic rings. The lowest BCUT2D eigenvalue weighted by atomic mass is 9.54. The highest BCUT2D eigenvalue weighted by Crippen LogP contribution is 2.60. The second-order valence-corrected chi connectivity index (χ2v) is 6.61. The predicted molar refractivity (Wildman–Crippen MR) is 79.2 cm³/mol. The van der Waals surface area contributed by atoms with Crippen LogP contribution in [0.5, 0.6) is 0 Å². The van der Waals surface area contributed by atoms with Gasteiger partial charge in [0.1, 0.15) is 0 Å². The average Bonchev–Trinajstić information content (AvgIpc) is 2.85. The van der Waals surface area contributed by atoms with Crippen LogP contribution in [0.2, 0.25) is 0 Å². The van der Waals surface area contributed by atoms with Crippen molar-refractivity contribution in [3.05, 3.63) is 33.9 Å². The zero-order chi connectivity index (χ0) is 15.3. The van der Waals surface area contributed by atoms with E-state index in [-0.39, 0.29) is 10.6 Å². The minimum atomic E-state index is -0.379. The number of aromatic nitrogens is 4. The van der Waals surface area contributed by atoms with Gasteiger partial charge >= 0.3 is 0 Å². The molecule has 2 aliphatic carbocycles. The number of benzene rings is 1. The summed E-state index contributed by atoms with van der Waals surface area (Å²) in [5, 5.41) is 23.7. The second kappa shape index (κ2) is 4.59. The Morgan fingerprint density at radius 1 is 1.36 bits per heavy atom. The highest BCUT2D eigenvalue weighted by molar-refractivity contribution is 5.60. The highest BCUT2D eigenvalue weighted by Gasteiger charge is 2.49. The molecule has 1 aromatic carbocycles. The predicted octanol–water partition coefficient (Wildman–Crippen LogP) is 3.06. The molecule has 0 aliphatic heterocycles. The summed E-state index contributed by atoms with van der Waals surface area (Å²) >= 11 is 0. The maximum Gasteiger partial charge on any atom is 0.273 e. The lowest BCUT2D eigenvalue weighted by Gasteiger charge is -2.53. The van der Waals surface area contributed by atoms with Crippen LogP contribution in [0.3, 0.4) is 0 Å². The lowest BCUT2D eigenvalue weighted by Crippen LogP contribution is -2.44. The number of nitrogens with zero attached hydrogens (tertiary/aromatic N) is 5. The van der Waals surface area contributed by atoms with Crippen molar-refractivity contribution in [1.82, 2.24) is 20.2 Å². The largest absolute Gasteiger partial charge is 0.273 e. The third kappa shape index (κ3) is 2.00. The van der Waals surface area contributed by atoms with Gasteiger partial charge in [0.05, 0.1) is 11.0 Å². The van der Waals surface area contributed by atoms with Crippen molar-refractivity contribution in [1.29, 1.82) is 0 Å². The first kappa shape index (κ1) is 13.4. The van der Waals surface area contributed by atoms with Gasteiger partial charge < -0.3 is 0 Å². The Labute approximate surface area is 127 Å². The Kier molecular flexibility index (Phi) is 2.79. The summed E-state index contributed by atoms with van der Waals surface area (Å²) in [5.74, 6) is 0.456. The summed E-state index contributed by atoms with van der Waals surface area (Å²) in [6.45, 7) is 1.72. The van der Waals surface area contributed by atoms with Crippen molar-refractivity contribution >= 4 is 5.69 Å². The molecule has 114 valence electrons. The van der Waals surface area contributed by atoms with Crippen molar-refractivity contribution in [2.75, 3.05) is 0 Å². The van der Waals surface area contributed by atoms with Gasteiger partial charge in [-0.2, -0.15) is 4.80 Å². The van der Waals surface area contributed by atoms with Crippen molar-refractivity contribution in [3.63, 3.8) is 0 Å². The molecule has 0 unspecified atom stereocenters. The first-order valence-corrected chi connectivity index (χ1v) is 7.61. The van der Waals surface area contributed by atoms with Crippen LogP contribution in [0.25, 0.3) is 11.4 Å². The molecule has 2 fully saturated rings. The minimum absolute atomic E-state index is 0.0888. The minimum Gasteiger partial charge on any atom is -0.258 e. The second-order valence-electron chi connectivity index (χ2n) is 6.61. The van der Waals surface area contributed by atoms with Gasteiger partial charge in [-0.15, -0.1) is 10.2 Å². The molecule has 1 spiro atoms. The maximum absolute atomic E-state index is 11.0. The van der Waals surface area contributed by atoms with Crippen molar-refractivity contribution < 1.29 is 4.92 Å². The third-order valence-electron chi connectivity index (χ3n) is 5.17. The lowest BCUT2D eigenvalue weighted by molar-refractivity contribution is -0.385. The molecule has 0 atom stereocenters. The summed E-state index contributed by atoms with van der Waals surface area (Å²) < 4.78 is 0. The molecule has 0 amide bonds. The fraction of sp³-hybridized carbons (Fsp3) is 0.533. The van der Waals surface area contributed by atoms with Crippen molar-refractivity contribution in [3.8, 4) is 11.4 Å². The summed E-state index contributed by atoms with van der Waals surface area (Å²) in [7, 11) is 0. The Bertz CT molecular complexity index is 742. The van der Waals surface area contributed by atoms with Gasteiger partial charge in [-0.25, -0.2) is 0 Å². The van der Waals surface area contributed by atoms with Gasteiger partial charge in [0.25, 0.3) is 5.69 Å². The van der Waals surface area contributed by atoms with Crippen LogP contribution in [0, 0.1) is 22.5 Å². The smallest absolute Gasteiger partial charge is 0.258 e. The van der Waals surface area contributed by atoms with Gasteiger partial charge in [0, 0.05) is 17.2 Å². The molecule has 4 rings (SSSR count). The van der Waals surface area contributed by atoms with Crippen LogP contribution in [0.4, 0.5) is 5.69 Å². The van der Waals surface area contributed by atoms with E-state index in [1.54, 1.807) is 23.9 Å². The Hall–Kier alpha value is -2.31. The van der Waals surface area contributed by atoms with E-state index in [1.807, 2.05) is 0 Å². The van der Waals surface area contributed by atoms with Gasteiger partial charge in [-0.3, -0.25) is 10.1 Å². The van der Waals surface area contributed by atoms with Crippen LogP contribution in [0.1, 0.15) is 43.7 Å². The van der Waals surface area contributed by atoms with Crippen LogP contribution >= 0.6 is 0 Å². The number of aryl methyl sites for hydroxylation is 1. The van der Waals surface area contributed by atoms with E-state index in [4.69, 9.17) is 0 Å². The Balaban J connectivity index is 1.57. The molecule has 2 saturated carbocycles. The first-order valence-electron chi connectivity index (χ1n) is 7.61. The van der Waals surface area contributed by atoms with E-state index < -0.39 is 0 Å². The molecule has 2 aliphatic rings. The quantitative estimate of drug-likeness (QED) is 0.642. The Morgan fingerprint density at radius 3 is 2.77 bits per heavy atom. The summed E-state index contributed by atoms with van der Waals surface area (Å²) in [6, 6.07) is 5.38. The molecule has 0 N–H and O–H groups in total. The fourth-order valence-corrected chi connectivity index (χ4v) is 3.63. The number of hydrogen-bond donors (Lipinski definition) is 0. The fourth-order valence-electron chi connectivity index (χ4n) is 3.63. The molecule has 0 bridgehead atoms. The number of rotatable bonds is 3. The van der Waals surface area contributed by atoms with Crippen molar-refractivity contribution in [2.24, 2.45) is 5.41 Å².